The molecular formula is C14H20BrClO2Si. The molecule has 0 radical (unpaired) electrons. The molecule has 0 bridgehead atoms. The zero-order valence-corrected chi connectivity index (χ0v) is 14.9. The van der Waals surface area contributed by atoms with E-state index in [2.05, 4.69) is 41.2 Å². The lowest BCUT2D eigenvalue weighted by molar-refractivity contribution is -0.143. The summed E-state index contributed by atoms with van der Waals surface area (Å²) >= 11 is 9.49. The van der Waals surface area contributed by atoms with E-state index in [4.69, 9.17) is 15.8 Å². The summed E-state index contributed by atoms with van der Waals surface area (Å²) in [7, 11) is -1.50. The van der Waals surface area contributed by atoms with E-state index >= 15 is 0 Å². The molecule has 1 rings (SSSR count). The van der Waals surface area contributed by atoms with Gasteiger partial charge in [0.15, 0.2) is 7.38 Å². The summed E-state index contributed by atoms with van der Waals surface area (Å²) in [6.07, 6.45) is 1.02. The molecule has 0 spiro atoms. The summed E-state index contributed by atoms with van der Waals surface area (Å²) in [5.74, 6) is -0.237. The number of carbonyl (C=O) groups excluding carboxylic acids is 1. The number of halogens is 2. The third kappa shape index (κ3) is 7.13. The smallest absolute Gasteiger partial charge is 0.319 e. The van der Waals surface area contributed by atoms with Crippen molar-refractivity contribution in [1.29, 1.82) is 0 Å². The Morgan fingerprint density at radius 1 is 1.32 bits per heavy atom. The molecule has 5 heteroatoms. The van der Waals surface area contributed by atoms with Crippen LogP contribution in [0.25, 0.3) is 0 Å². The highest BCUT2D eigenvalue weighted by Gasteiger charge is 2.16. The van der Waals surface area contributed by atoms with E-state index in [1.165, 1.54) is 5.56 Å². The van der Waals surface area contributed by atoms with Gasteiger partial charge in [0.2, 0.25) is 0 Å². The van der Waals surface area contributed by atoms with Gasteiger partial charge in [-0.3, -0.25) is 4.79 Å². The van der Waals surface area contributed by atoms with Gasteiger partial charge in [0, 0.05) is 0 Å². The Morgan fingerprint density at radius 2 is 1.84 bits per heavy atom. The third-order valence-electron chi connectivity index (χ3n) is 2.74. The summed E-state index contributed by atoms with van der Waals surface area (Å²) in [4.78, 5) is 11.1. The van der Waals surface area contributed by atoms with E-state index in [9.17, 15) is 4.79 Å². The van der Waals surface area contributed by atoms with Crippen molar-refractivity contribution in [3.8, 4) is 0 Å². The lowest BCUT2D eigenvalue weighted by Gasteiger charge is -2.12. The SMILES string of the molecule is CC(Br)C(=O)OCc1ccc(CC[Si](C)(C)Cl)cc1. The number of hydrogen-bond donors (Lipinski definition) is 0. The number of benzene rings is 1. The number of alkyl halides is 1. The summed E-state index contributed by atoms with van der Waals surface area (Å²) in [6.45, 7) is 6.39. The Morgan fingerprint density at radius 3 is 2.32 bits per heavy atom. The second-order valence-electron chi connectivity index (χ2n) is 5.26. The highest BCUT2D eigenvalue weighted by Crippen LogP contribution is 2.18. The number of carbonyl (C=O) groups is 1. The molecule has 0 aliphatic rings. The van der Waals surface area contributed by atoms with Crippen LogP contribution < -0.4 is 0 Å². The predicted octanol–water partition coefficient (Wildman–Crippen LogP) is 4.50. The van der Waals surface area contributed by atoms with Crippen molar-refractivity contribution in [3.05, 3.63) is 35.4 Å². The van der Waals surface area contributed by atoms with Gasteiger partial charge in [-0.25, -0.2) is 0 Å². The predicted molar refractivity (Wildman–Crippen MR) is 86.5 cm³/mol. The topological polar surface area (TPSA) is 26.3 Å². The molecule has 0 aliphatic heterocycles. The van der Waals surface area contributed by atoms with E-state index < -0.39 is 7.38 Å². The monoisotopic (exact) mass is 362 g/mol. The minimum atomic E-state index is -1.50. The first-order chi connectivity index (χ1) is 8.78. The van der Waals surface area contributed by atoms with Crippen LogP contribution in [-0.4, -0.2) is 18.2 Å². The molecule has 1 unspecified atom stereocenters. The van der Waals surface area contributed by atoms with Crippen molar-refractivity contribution in [1.82, 2.24) is 0 Å². The Hall–Kier alpha value is -0.323. The fourth-order valence-corrected chi connectivity index (χ4v) is 2.81. The number of ether oxygens (including phenoxy) is 1. The molecule has 0 N–H and O–H groups in total. The van der Waals surface area contributed by atoms with E-state index in [1.807, 2.05) is 12.1 Å². The van der Waals surface area contributed by atoms with E-state index in [1.54, 1.807) is 6.92 Å². The first-order valence-corrected chi connectivity index (χ1v) is 11.5. The maximum absolute atomic E-state index is 11.3. The molecule has 19 heavy (non-hydrogen) atoms. The molecule has 0 heterocycles. The van der Waals surface area contributed by atoms with Gasteiger partial charge in [0.05, 0.1) is 0 Å². The van der Waals surface area contributed by atoms with E-state index in [0.717, 1.165) is 18.0 Å². The number of esters is 1. The lowest BCUT2D eigenvalue weighted by Crippen LogP contribution is -2.16. The Balaban J connectivity index is 2.46. The van der Waals surface area contributed by atoms with Crippen LogP contribution in [0.2, 0.25) is 19.1 Å². The average Bonchev–Trinajstić information content (AvgIpc) is 2.33. The van der Waals surface area contributed by atoms with Crippen LogP contribution in [0.15, 0.2) is 24.3 Å². The second kappa shape index (κ2) is 7.46. The highest BCUT2D eigenvalue weighted by molar-refractivity contribution is 9.10. The Kier molecular flexibility index (Phi) is 6.57. The van der Waals surface area contributed by atoms with Crippen LogP contribution in [-0.2, 0) is 22.6 Å². The first kappa shape index (κ1) is 16.7. The van der Waals surface area contributed by atoms with Crippen LogP contribution in [0, 0.1) is 0 Å². The number of aryl methyl sites for hydroxylation is 1. The van der Waals surface area contributed by atoms with Gasteiger partial charge < -0.3 is 4.74 Å². The van der Waals surface area contributed by atoms with Gasteiger partial charge in [-0.1, -0.05) is 53.3 Å². The van der Waals surface area contributed by atoms with Crippen LogP contribution in [0.3, 0.4) is 0 Å². The zero-order chi connectivity index (χ0) is 14.5. The molecule has 0 saturated heterocycles. The summed E-state index contributed by atoms with van der Waals surface area (Å²) in [6, 6.07) is 9.24. The van der Waals surface area contributed by atoms with Gasteiger partial charge >= 0.3 is 5.97 Å². The largest absolute Gasteiger partial charge is 0.460 e. The fourth-order valence-electron chi connectivity index (χ4n) is 1.51. The molecule has 1 aromatic carbocycles. The van der Waals surface area contributed by atoms with Gasteiger partial charge in [0.25, 0.3) is 0 Å². The molecule has 0 aromatic heterocycles. The van der Waals surface area contributed by atoms with Crippen molar-refractivity contribution in [2.45, 2.75) is 43.9 Å². The number of rotatable bonds is 6. The fraction of sp³-hybridized carbons (Fsp3) is 0.500. The average molecular weight is 364 g/mol. The maximum Gasteiger partial charge on any atom is 0.319 e. The standard InChI is InChI=1S/C14H20BrClO2Si/c1-11(15)14(17)18-10-13-6-4-12(5-7-13)8-9-19(2,3)16/h4-7,11H,8-10H2,1-3H3. The lowest BCUT2D eigenvalue weighted by atomic mass is 10.1. The van der Waals surface area contributed by atoms with Crippen LogP contribution >= 0.6 is 27.0 Å². The first-order valence-electron chi connectivity index (χ1n) is 6.35. The normalized spacial score (nSPS) is 13.1. The minimum Gasteiger partial charge on any atom is -0.460 e. The van der Waals surface area contributed by atoms with Crippen LogP contribution in [0.1, 0.15) is 18.1 Å². The summed E-state index contributed by atoms with van der Waals surface area (Å²) < 4.78 is 5.14. The summed E-state index contributed by atoms with van der Waals surface area (Å²) in [5, 5.41) is 0. The van der Waals surface area contributed by atoms with Crippen molar-refractivity contribution in [2.75, 3.05) is 0 Å². The van der Waals surface area contributed by atoms with Crippen molar-refractivity contribution in [2.24, 2.45) is 0 Å². The van der Waals surface area contributed by atoms with Crippen molar-refractivity contribution < 1.29 is 9.53 Å². The minimum absolute atomic E-state index is 0.237. The van der Waals surface area contributed by atoms with E-state index in [-0.39, 0.29) is 10.8 Å². The van der Waals surface area contributed by atoms with Crippen LogP contribution in [0.5, 0.6) is 0 Å². The van der Waals surface area contributed by atoms with Crippen molar-refractivity contribution >= 4 is 40.4 Å². The van der Waals surface area contributed by atoms with Crippen molar-refractivity contribution in [3.63, 3.8) is 0 Å². The Bertz CT molecular complexity index is 412. The highest BCUT2D eigenvalue weighted by atomic mass is 79.9. The molecular weight excluding hydrogens is 344 g/mol. The van der Waals surface area contributed by atoms with E-state index in [0.29, 0.717) is 6.61 Å². The molecule has 0 aliphatic carbocycles. The van der Waals surface area contributed by atoms with Gasteiger partial charge in [-0.05, 0) is 30.5 Å². The third-order valence-corrected chi connectivity index (χ3v) is 5.12. The molecule has 0 fully saturated rings. The molecule has 1 aromatic rings. The summed E-state index contributed by atoms with van der Waals surface area (Å²) in [5.41, 5.74) is 2.29. The second-order valence-corrected chi connectivity index (χ2v) is 13.6. The Labute approximate surface area is 129 Å². The molecule has 2 nitrogen and oxygen atoms in total. The number of hydrogen-bond acceptors (Lipinski definition) is 2. The molecule has 0 amide bonds. The molecule has 106 valence electrons. The van der Waals surface area contributed by atoms with Gasteiger partial charge in [-0.15, -0.1) is 0 Å². The molecule has 0 saturated carbocycles. The zero-order valence-electron chi connectivity index (χ0n) is 11.6. The maximum atomic E-state index is 11.3. The van der Waals surface area contributed by atoms with Gasteiger partial charge in [-0.2, -0.15) is 11.1 Å². The van der Waals surface area contributed by atoms with Crippen LogP contribution in [0.4, 0.5) is 0 Å². The quantitative estimate of drug-likeness (QED) is 0.322. The van der Waals surface area contributed by atoms with Gasteiger partial charge in [0.1, 0.15) is 11.4 Å². The molecule has 1 atom stereocenters.